The van der Waals surface area contributed by atoms with Crippen LogP contribution in [0.25, 0.3) is 0 Å². The number of unbranched alkanes of at least 4 members (excludes halogenated alkanes) is 1. The second-order valence-electron chi connectivity index (χ2n) is 6.40. The van der Waals surface area contributed by atoms with E-state index in [1.165, 1.54) is 12.2 Å². The second kappa shape index (κ2) is 10.7. The van der Waals surface area contributed by atoms with Gasteiger partial charge in [0.05, 0.1) is 12.8 Å². The Morgan fingerprint density at radius 3 is 2.85 bits per heavy atom. The number of carbonyl (C=O) groups excluding carboxylic acids is 2. The average Bonchev–Trinajstić information content (AvgIpc) is 3.12. The number of hydrogen-bond acceptors (Lipinski definition) is 6. The lowest BCUT2D eigenvalue weighted by Gasteiger charge is -2.15. The number of aryl methyl sites for hydroxylation is 1. The van der Waals surface area contributed by atoms with E-state index in [4.69, 9.17) is 9.47 Å². The van der Waals surface area contributed by atoms with Gasteiger partial charge in [-0.3, -0.25) is 9.59 Å². The molecule has 1 aliphatic heterocycles. The summed E-state index contributed by atoms with van der Waals surface area (Å²) >= 11 is 0. The van der Waals surface area contributed by atoms with Gasteiger partial charge >= 0.3 is 5.97 Å². The third-order valence-electron chi connectivity index (χ3n) is 4.17. The van der Waals surface area contributed by atoms with Gasteiger partial charge in [0, 0.05) is 17.4 Å². The third-order valence-corrected chi connectivity index (χ3v) is 7.18. The molecule has 0 bridgehead atoms. The van der Waals surface area contributed by atoms with Crippen molar-refractivity contribution < 1.29 is 19.1 Å². The minimum atomic E-state index is -0.838. The zero-order valence-corrected chi connectivity index (χ0v) is 17.2. The number of nitrogens with one attached hydrogen (secondary N) is 1. The highest BCUT2D eigenvalue weighted by Crippen LogP contribution is 2.39. The Balaban J connectivity index is 1.72. The van der Waals surface area contributed by atoms with Gasteiger partial charge in [-0.05, 0) is 50.8 Å². The Morgan fingerprint density at radius 2 is 2.15 bits per heavy atom. The lowest BCUT2D eigenvalue weighted by Crippen LogP contribution is -2.30. The maximum atomic E-state index is 12.3. The first kappa shape index (κ1) is 21.0. The normalized spacial score (nSPS) is 17.6. The molecule has 1 saturated heterocycles. The van der Waals surface area contributed by atoms with Crippen molar-refractivity contribution in [2.75, 3.05) is 18.2 Å². The summed E-state index contributed by atoms with van der Waals surface area (Å²) in [5.41, 5.74) is 1.58. The molecule has 26 heavy (non-hydrogen) atoms. The molecule has 1 heterocycles. The average molecular weight is 398 g/mol. The lowest BCUT2D eigenvalue weighted by atomic mass is 10.1. The summed E-state index contributed by atoms with van der Waals surface area (Å²) in [6.45, 7) is 3.52. The topological polar surface area (TPSA) is 64.6 Å². The van der Waals surface area contributed by atoms with Crippen molar-refractivity contribution in [3.63, 3.8) is 0 Å². The molecule has 1 aromatic carbocycles. The first-order valence-corrected chi connectivity index (χ1v) is 11.3. The van der Waals surface area contributed by atoms with Gasteiger partial charge in [-0.2, -0.15) is 0 Å². The Morgan fingerprint density at radius 1 is 1.35 bits per heavy atom. The van der Waals surface area contributed by atoms with Gasteiger partial charge in [0.1, 0.15) is 5.75 Å². The third kappa shape index (κ3) is 6.76. The Labute approximate surface area is 163 Å². The van der Waals surface area contributed by atoms with E-state index >= 15 is 0 Å². The molecule has 0 saturated carbocycles. The van der Waals surface area contributed by atoms with Gasteiger partial charge in [-0.15, -0.1) is 0 Å². The van der Waals surface area contributed by atoms with E-state index in [2.05, 4.69) is 5.32 Å². The quantitative estimate of drug-likeness (QED) is 0.374. The van der Waals surface area contributed by atoms with E-state index in [1.54, 1.807) is 20.1 Å². The lowest BCUT2D eigenvalue weighted by molar-refractivity contribution is -0.153. The molecular weight excluding hydrogens is 370 g/mol. The molecule has 0 unspecified atom stereocenters. The fourth-order valence-electron chi connectivity index (χ4n) is 2.67. The van der Waals surface area contributed by atoms with E-state index in [1.807, 2.05) is 40.6 Å². The number of amides is 1. The molecule has 2 rings (SSSR count). The van der Waals surface area contributed by atoms with Crippen molar-refractivity contribution in [3.05, 3.63) is 23.8 Å². The summed E-state index contributed by atoms with van der Waals surface area (Å²) in [5.74, 6) is 1.12. The van der Waals surface area contributed by atoms with E-state index in [-0.39, 0.29) is 11.9 Å². The molecule has 1 aliphatic rings. The summed E-state index contributed by atoms with van der Waals surface area (Å²) in [4.78, 5) is 24.2. The monoisotopic (exact) mass is 397 g/mol. The van der Waals surface area contributed by atoms with E-state index in [0.29, 0.717) is 17.9 Å². The highest BCUT2D eigenvalue weighted by Gasteiger charge is 2.20. The second-order valence-corrected chi connectivity index (χ2v) is 9.19. The van der Waals surface area contributed by atoms with Crippen LogP contribution in [0.2, 0.25) is 0 Å². The van der Waals surface area contributed by atoms with Crippen molar-refractivity contribution >= 4 is 39.2 Å². The molecule has 144 valence electrons. The first-order valence-electron chi connectivity index (χ1n) is 8.93. The van der Waals surface area contributed by atoms with Crippen LogP contribution in [0.5, 0.6) is 5.75 Å². The SMILES string of the molecule is COc1ccc(C)cc1NC(=O)[C@@H](C)OC(=O)CCCC[C@H]1CCSS1. The summed E-state index contributed by atoms with van der Waals surface area (Å²) < 4.78 is 10.5. The summed E-state index contributed by atoms with van der Waals surface area (Å²) in [6, 6.07) is 5.52. The molecule has 1 fully saturated rings. The van der Waals surface area contributed by atoms with Crippen LogP contribution < -0.4 is 10.1 Å². The number of methoxy groups -OCH3 is 1. The van der Waals surface area contributed by atoms with Crippen LogP contribution >= 0.6 is 21.6 Å². The number of anilines is 1. The van der Waals surface area contributed by atoms with E-state index in [9.17, 15) is 9.59 Å². The van der Waals surface area contributed by atoms with Crippen LogP contribution in [-0.4, -0.2) is 36.1 Å². The molecule has 2 atom stereocenters. The Hall–Kier alpha value is -1.34. The van der Waals surface area contributed by atoms with Crippen LogP contribution in [0.15, 0.2) is 18.2 Å². The fraction of sp³-hybridized carbons (Fsp3) is 0.579. The summed E-state index contributed by atoms with van der Waals surface area (Å²) in [5, 5.41) is 3.49. The molecule has 0 radical (unpaired) electrons. The number of hydrogen-bond donors (Lipinski definition) is 1. The molecule has 1 aromatic rings. The van der Waals surface area contributed by atoms with E-state index < -0.39 is 6.10 Å². The molecule has 1 amide bonds. The van der Waals surface area contributed by atoms with Crippen molar-refractivity contribution in [1.29, 1.82) is 0 Å². The Kier molecular flexibility index (Phi) is 8.65. The van der Waals surface area contributed by atoms with Crippen LogP contribution in [0.1, 0.15) is 44.6 Å². The van der Waals surface area contributed by atoms with E-state index in [0.717, 1.165) is 30.1 Å². The van der Waals surface area contributed by atoms with Crippen LogP contribution in [0.4, 0.5) is 5.69 Å². The highest BCUT2D eigenvalue weighted by molar-refractivity contribution is 8.77. The number of rotatable bonds is 9. The maximum Gasteiger partial charge on any atom is 0.306 e. The van der Waals surface area contributed by atoms with Crippen LogP contribution in [0.3, 0.4) is 0 Å². The molecule has 0 aromatic heterocycles. The smallest absolute Gasteiger partial charge is 0.306 e. The van der Waals surface area contributed by atoms with Gasteiger partial charge in [-0.25, -0.2) is 0 Å². The van der Waals surface area contributed by atoms with Crippen LogP contribution in [0, 0.1) is 6.92 Å². The zero-order valence-electron chi connectivity index (χ0n) is 15.6. The van der Waals surface area contributed by atoms with Crippen molar-refractivity contribution in [3.8, 4) is 5.75 Å². The van der Waals surface area contributed by atoms with Gasteiger partial charge in [-0.1, -0.05) is 34.1 Å². The predicted molar refractivity (Wildman–Crippen MR) is 109 cm³/mol. The standard InChI is InChI=1S/C19H27NO4S2/c1-13-8-9-17(23-3)16(12-13)20-19(22)14(2)24-18(21)7-5-4-6-15-10-11-25-26-15/h8-9,12,14-15H,4-7,10-11H2,1-3H3,(H,20,22)/t14-,15+/m1/s1. The van der Waals surface area contributed by atoms with Crippen LogP contribution in [-0.2, 0) is 14.3 Å². The van der Waals surface area contributed by atoms with Crippen molar-refractivity contribution in [1.82, 2.24) is 0 Å². The van der Waals surface area contributed by atoms with Gasteiger partial charge in [0.2, 0.25) is 0 Å². The van der Waals surface area contributed by atoms with Gasteiger partial charge in [0.25, 0.3) is 5.91 Å². The molecule has 0 spiro atoms. The molecule has 0 aliphatic carbocycles. The van der Waals surface area contributed by atoms with Crippen molar-refractivity contribution in [2.24, 2.45) is 0 Å². The highest BCUT2D eigenvalue weighted by atomic mass is 33.1. The number of esters is 1. The molecule has 1 N–H and O–H groups in total. The predicted octanol–water partition coefficient (Wildman–Crippen LogP) is 4.59. The summed E-state index contributed by atoms with van der Waals surface area (Å²) in [7, 11) is 5.44. The summed E-state index contributed by atoms with van der Waals surface area (Å²) in [6.07, 6.45) is 3.76. The Bertz CT molecular complexity index is 618. The number of carbonyl (C=O) groups is 2. The fourth-order valence-corrected chi connectivity index (χ4v) is 5.70. The molecule has 5 nitrogen and oxygen atoms in total. The maximum absolute atomic E-state index is 12.3. The first-order chi connectivity index (χ1) is 12.5. The zero-order chi connectivity index (χ0) is 18.9. The minimum absolute atomic E-state index is 0.322. The molecule has 7 heteroatoms. The minimum Gasteiger partial charge on any atom is -0.495 e. The number of ether oxygens (including phenoxy) is 2. The van der Waals surface area contributed by atoms with Crippen molar-refractivity contribution in [2.45, 2.75) is 57.3 Å². The number of benzene rings is 1. The molecular formula is C19H27NO4S2. The van der Waals surface area contributed by atoms with Gasteiger partial charge < -0.3 is 14.8 Å². The largest absolute Gasteiger partial charge is 0.495 e. The van der Waals surface area contributed by atoms with Gasteiger partial charge in [0.15, 0.2) is 6.10 Å².